The Morgan fingerprint density at radius 3 is 2.38 bits per heavy atom. The van der Waals surface area contributed by atoms with Gasteiger partial charge in [-0.25, -0.2) is 4.79 Å². The van der Waals surface area contributed by atoms with Crippen molar-refractivity contribution in [1.29, 1.82) is 0 Å². The Morgan fingerprint density at radius 1 is 0.952 bits per heavy atom. The van der Waals surface area contributed by atoms with Crippen LogP contribution < -0.4 is 10.4 Å². The fourth-order valence-electron chi connectivity index (χ4n) is 2.51. The van der Waals surface area contributed by atoms with Crippen LogP contribution >= 0.6 is 0 Å². The second-order valence-electron chi connectivity index (χ2n) is 5.00. The van der Waals surface area contributed by atoms with Crippen molar-refractivity contribution in [3.63, 3.8) is 0 Å². The number of aryl methyl sites for hydroxylation is 2. The molecule has 0 bridgehead atoms. The average Bonchev–Trinajstić information content (AvgIpc) is 2.77. The van der Waals surface area contributed by atoms with Crippen molar-refractivity contribution in [3.05, 3.63) is 65.1 Å². The molecule has 3 rings (SSSR count). The number of imidazole rings is 1. The van der Waals surface area contributed by atoms with E-state index in [-0.39, 0.29) is 5.69 Å². The van der Waals surface area contributed by atoms with E-state index in [9.17, 15) is 4.79 Å². The molecule has 0 amide bonds. The summed E-state index contributed by atoms with van der Waals surface area (Å²) in [7, 11) is 1.81. The molecule has 21 heavy (non-hydrogen) atoms. The van der Waals surface area contributed by atoms with E-state index < -0.39 is 0 Å². The van der Waals surface area contributed by atoms with Crippen LogP contribution in [0.5, 0.6) is 5.75 Å². The van der Waals surface area contributed by atoms with Crippen LogP contribution in [0.1, 0.15) is 6.42 Å². The van der Waals surface area contributed by atoms with Crippen molar-refractivity contribution < 1.29 is 4.74 Å². The van der Waals surface area contributed by atoms with Crippen LogP contribution in [-0.4, -0.2) is 15.7 Å². The summed E-state index contributed by atoms with van der Waals surface area (Å²) >= 11 is 0. The second-order valence-corrected chi connectivity index (χ2v) is 5.00. The van der Waals surface area contributed by atoms with Crippen LogP contribution in [0.15, 0.2) is 59.4 Å². The fourth-order valence-corrected chi connectivity index (χ4v) is 2.51. The van der Waals surface area contributed by atoms with Gasteiger partial charge in [-0.3, -0.25) is 9.13 Å². The summed E-state index contributed by atoms with van der Waals surface area (Å²) in [5, 5.41) is 0. The van der Waals surface area contributed by atoms with Crippen LogP contribution in [-0.2, 0) is 13.6 Å². The third-order valence-electron chi connectivity index (χ3n) is 3.59. The Hall–Kier alpha value is -2.49. The molecule has 0 aliphatic rings. The minimum absolute atomic E-state index is 0.0240. The van der Waals surface area contributed by atoms with E-state index in [1.54, 1.807) is 4.57 Å². The highest BCUT2D eigenvalue weighted by atomic mass is 16.5. The standard InChI is InChI=1S/C17H18N2O2/c1-18-15-10-5-6-11-16(15)19(17(18)20)12-7-13-21-14-8-3-2-4-9-14/h2-6,8-11H,7,12-13H2,1H3. The highest BCUT2D eigenvalue weighted by molar-refractivity contribution is 5.75. The molecule has 1 aromatic heterocycles. The lowest BCUT2D eigenvalue weighted by molar-refractivity contribution is 0.301. The summed E-state index contributed by atoms with van der Waals surface area (Å²) in [5.41, 5.74) is 1.96. The van der Waals surface area contributed by atoms with Gasteiger partial charge in [0, 0.05) is 13.6 Å². The van der Waals surface area contributed by atoms with Crippen LogP contribution in [0.2, 0.25) is 0 Å². The van der Waals surface area contributed by atoms with Crippen molar-refractivity contribution in [2.75, 3.05) is 6.61 Å². The molecular weight excluding hydrogens is 264 g/mol. The van der Waals surface area contributed by atoms with Crippen molar-refractivity contribution in [2.45, 2.75) is 13.0 Å². The zero-order chi connectivity index (χ0) is 14.7. The first kappa shape index (κ1) is 13.5. The fraction of sp³-hybridized carbons (Fsp3) is 0.235. The van der Waals surface area contributed by atoms with E-state index in [1.807, 2.05) is 66.2 Å². The molecule has 0 atom stereocenters. The number of nitrogens with zero attached hydrogens (tertiary/aromatic N) is 2. The molecular formula is C17H18N2O2. The van der Waals surface area contributed by atoms with E-state index in [0.717, 1.165) is 23.2 Å². The van der Waals surface area contributed by atoms with Gasteiger partial charge >= 0.3 is 5.69 Å². The topological polar surface area (TPSA) is 36.2 Å². The minimum atomic E-state index is 0.0240. The van der Waals surface area contributed by atoms with Crippen LogP contribution in [0, 0.1) is 0 Å². The lowest BCUT2D eigenvalue weighted by Crippen LogP contribution is -2.23. The molecule has 0 radical (unpaired) electrons. The lowest BCUT2D eigenvalue weighted by Gasteiger charge is -2.06. The normalized spacial score (nSPS) is 10.9. The largest absolute Gasteiger partial charge is 0.494 e. The summed E-state index contributed by atoms with van der Waals surface area (Å²) in [4.78, 5) is 12.2. The Bertz CT molecular complexity index is 787. The molecule has 0 aliphatic carbocycles. The van der Waals surface area contributed by atoms with Crippen LogP contribution in [0.25, 0.3) is 11.0 Å². The molecule has 108 valence electrons. The zero-order valence-electron chi connectivity index (χ0n) is 12.0. The molecule has 0 N–H and O–H groups in total. The number of para-hydroxylation sites is 3. The highest BCUT2D eigenvalue weighted by Gasteiger charge is 2.09. The summed E-state index contributed by atoms with van der Waals surface area (Å²) in [6, 6.07) is 17.6. The molecule has 0 aliphatic heterocycles. The van der Waals surface area contributed by atoms with Gasteiger partial charge in [-0.05, 0) is 30.7 Å². The molecule has 2 aromatic carbocycles. The summed E-state index contributed by atoms with van der Waals surface area (Å²) < 4.78 is 9.16. The van der Waals surface area contributed by atoms with Gasteiger partial charge in [-0.15, -0.1) is 0 Å². The molecule has 0 saturated carbocycles. The number of hydrogen-bond acceptors (Lipinski definition) is 2. The van der Waals surface area contributed by atoms with Crippen molar-refractivity contribution in [3.8, 4) is 5.75 Å². The maximum atomic E-state index is 12.2. The molecule has 3 aromatic rings. The SMILES string of the molecule is Cn1c(=O)n(CCCOc2ccccc2)c2ccccc21. The first-order valence-corrected chi connectivity index (χ1v) is 7.09. The van der Waals surface area contributed by atoms with Gasteiger partial charge < -0.3 is 4.74 Å². The predicted octanol–water partition coefficient (Wildman–Crippen LogP) is 2.81. The first-order valence-electron chi connectivity index (χ1n) is 7.09. The molecule has 4 nitrogen and oxygen atoms in total. The molecule has 1 heterocycles. The number of fused-ring (bicyclic) bond motifs is 1. The lowest BCUT2D eigenvalue weighted by atomic mass is 10.3. The van der Waals surface area contributed by atoms with Crippen molar-refractivity contribution in [2.24, 2.45) is 7.05 Å². The highest BCUT2D eigenvalue weighted by Crippen LogP contribution is 2.12. The van der Waals surface area contributed by atoms with E-state index in [1.165, 1.54) is 0 Å². The van der Waals surface area contributed by atoms with Crippen molar-refractivity contribution in [1.82, 2.24) is 9.13 Å². The summed E-state index contributed by atoms with van der Waals surface area (Å²) in [6.07, 6.45) is 0.794. The van der Waals surface area contributed by atoms with Crippen LogP contribution in [0.3, 0.4) is 0 Å². The average molecular weight is 282 g/mol. The van der Waals surface area contributed by atoms with E-state index in [2.05, 4.69) is 0 Å². The maximum Gasteiger partial charge on any atom is 0.328 e. The van der Waals surface area contributed by atoms with Gasteiger partial charge in [0.2, 0.25) is 0 Å². The number of aromatic nitrogens is 2. The molecule has 0 fully saturated rings. The third kappa shape index (κ3) is 2.70. The Balaban J connectivity index is 1.69. The summed E-state index contributed by atoms with van der Waals surface area (Å²) in [6.45, 7) is 1.26. The Labute approximate surface area is 123 Å². The van der Waals surface area contributed by atoms with Gasteiger partial charge in [-0.1, -0.05) is 30.3 Å². The minimum Gasteiger partial charge on any atom is -0.494 e. The number of benzene rings is 2. The van der Waals surface area contributed by atoms with Gasteiger partial charge in [0.1, 0.15) is 5.75 Å². The number of ether oxygens (including phenoxy) is 1. The van der Waals surface area contributed by atoms with E-state index in [0.29, 0.717) is 13.2 Å². The molecule has 0 unspecified atom stereocenters. The smallest absolute Gasteiger partial charge is 0.328 e. The first-order chi connectivity index (χ1) is 10.3. The van der Waals surface area contributed by atoms with Crippen molar-refractivity contribution >= 4 is 11.0 Å². The van der Waals surface area contributed by atoms with Gasteiger partial charge in [-0.2, -0.15) is 0 Å². The van der Waals surface area contributed by atoms with Gasteiger partial charge in [0.25, 0.3) is 0 Å². The zero-order valence-corrected chi connectivity index (χ0v) is 12.0. The molecule has 0 spiro atoms. The van der Waals surface area contributed by atoms with Gasteiger partial charge in [0.15, 0.2) is 0 Å². The number of rotatable bonds is 5. The predicted molar refractivity (Wildman–Crippen MR) is 83.7 cm³/mol. The second kappa shape index (κ2) is 5.87. The van der Waals surface area contributed by atoms with Crippen LogP contribution in [0.4, 0.5) is 0 Å². The summed E-state index contributed by atoms with van der Waals surface area (Å²) in [5.74, 6) is 0.864. The maximum absolute atomic E-state index is 12.2. The Kier molecular flexibility index (Phi) is 3.77. The molecule has 4 heteroatoms. The Morgan fingerprint density at radius 2 is 1.62 bits per heavy atom. The number of hydrogen-bond donors (Lipinski definition) is 0. The third-order valence-corrected chi connectivity index (χ3v) is 3.59. The van der Waals surface area contributed by atoms with E-state index in [4.69, 9.17) is 4.74 Å². The monoisotopic (exact) mass is 282 g/mol. The molecule has 0 saturated heterocycles. The van der Waals surface area contributed by atoms with Gasteiger partial charge in [0.05, 0.1) is 17.6 Å². The quantitative estimate of drug-likeness (QED) is 0.675. The van der Waals surface area contributed by atoms with E-state index >= 15 is 0 Å².